The number of aryl methyl sites for hydroxylation is 1. The number of carbonyl (C=O) groups is 1. The van der Waals surface area contributed by atoms with Crippen molar-refractivity contribution in [3.8, 4) is 0 Å². The zero-order valence-corrected chi connectivity index (χ0v) is 12.9. The maximum Gasteiger partial charge on any atom is 0.335 e. The molecule has 1 rings (SSSR count). The van der Waals surface area contributed by atoms with E-state index < -0.39 is 16.0 Å². The van der Waals surface area contributed by atoms with E-state index in [4.69, 9.17) is 10.2 Å². The van der Waals surface area contributed by atoms with Gasteiger partial charge in [0.05, 0.1) is 17.1 Å². The zero-order valence-electron chi connectivity index (χ0n) is 12.0. The van der Waals surface area contributed by atoms with E-state index in [1.807, 2.05) is 0 Å². The zero-order chi connectivity index (χ0) is 16.2. The summed E-state index contributed by atoms with van der Waals surface area (Å²) in [5.41, 5.74) is 0.988. The van der Waals surface area contributed by atoms with Gasteiger partial charge in [-0.2, -0.15) is 4.31 Å². The molecule has 2 N–H and O–H groups in total. The summed E-state index contributed by atoms with van der Waals surface area (Å²) < 4.78 is 26.3. The minimum Gasteiger partial charge on any atom is -0.478 e. The summed E-state index contributed by atoms with van der Waals surface area (Å²) in [6.07, 6.45) is 1.41. The Morgan fingerprint density at radius 1 is 1.38 bits per heavy atom. The molecule has 21 heavy (non-hydrogen) atoms. The summed E-state index contributed by atoms with van der Waals surface area (Å²) in [6, 6.07) is 2.58. The predicted octanol–water partition coefficient (Wildman–Crippen LogP) is 1.17. The summed E-state index contributed by atoms with van der Waals surface area (Å²) >= 11 is 0. The van der Waals surface area contributed by atoms with Crippen molar-refractivity contribution in [3.05, 3.63) is 41.5 Å². The van der Waals surface area contributed by atoms with Gasteiger partial charge >= 0.3 is 5.97 Å². The number of carboxylic acid groups (broad SMARTS) is 1. The molecular formula is C14H19NO5S. The van der Waals surface area contributed by atoms with Crippen LogP contribution in [0.2, 0.25) is 0 Å². The molecule has 0 aliphatic rings. The number of hydrogen-bond donors (Lipinski definition) is 2. The van der Waals surface area contributed by atoms with Gasteiger partial charge in [-0.3, -0.25) is 0 Å². The van der Waals surface area contributed by atoms with Gasteiger partial charge in [-0.05, 0) is 37.1 Å². The van der Waals surface area contributed by atoms with Gasteiger partial charge in [0.25, 0.3) is 0 Å². The summed E-state index contributed by atoms with van der Waals surface area (Å²) in [4.78, 5) is 11.0. The highest BCUT2D eigenvalue weighted by Gasteiger charge is 2.26. The first kappa shape index (κ1) is 17.4. The lowest BCUT2D eigenvalue weighted by molar-refractivity contribution is 0.0696. The van der Waals surface area contributed by atoms with Crippen LogP contribution in [0.3, 0.4) is 0 Å². The topological polar surface area (TPSA) is 94.9 Å². The lowest BCUT2D eigenvalue weighted by Gasteiger charge is -2.21. The first-order chi connectivity index (χ1) is 9.75. The number of aromatic carboxylic acids is 1. The minimum absolute atomic E-state index is 0.0404. The highest BCUT2D eigenvalue weighted by Crippen LogP contribution is 2.24. The highest BCUT2D eigenvalue weighted by atomic mass is 32.2. The van der Waals surface area contributed by atoms with Crippen molar-refractivity contribution in [3.63, 3.8) is 0 Å². The fourth-order valence-corrected chi connectivity index (χ4v) is 3.65. The van der Waals surface area contributed by atoms with E-state index >= 15 is 0 Å². The van der Waals surface area contributed by atoms with Gasteiger partial charge in [0.15, 0.2) is 0 Å². The van der Waals surface area contributed by atoms with Crippen LogP contribution in [0.15, 0.2) is 29.7 Å². The van der Waals surface area contributed by atoms with Gasteiger partial charge in [0.1, 0.15) is 0 Å². The second kappa shape index (κ2) is 6.84. The largest absolute Gasteiger partial charge is 0.478 e. The SMILES string of the molecule is C=CCN(CCO)S(=O)(=O)c1cc(C(=O)O)cc(C)c1C. The molecule has 0 fully saturated rings. The second-order valence-electron chi connectivity index (χ2n) is 4.60. The quantitative estimate of drug-likeness (QED) is 0.737. The van der Waals surface area contributed by atoms with E-state index in [1.165, 1.54) is 12.1 Å². The number of rotatable bonds is 7. The molecule has 0 aliphatic heterocycles. The number of sulfonamides is 1. The molecule has 7 heteroatoms. The van der Waals surface area contributed by atoms with Crippen molar-refractivity contribution in [1.29, 1.82) is 0 Å². The van der Waals surface area contributed by atoms with Gasteiger partial charge in [0, 0.05) is 13.1 Å². The molecule has 0 aliphatic carbocycles. The molecule has 0 saturated heterocycles. The smallest absolute Gasteiger partial charge is 0.335 e. The van der Waals surface area contributed by atoms with Gasteiger partial charge in [0.2, 0.25) is 10.0 Å². The number of nitrogens with zero attached hydrogens (tertiary/aromatic N) is 1. The molecule has 116 valence electrons. The summed E-state index contributed by atoms with van der Waals surface area (Å²) in [6.45, 7) is 6.41. The summed E-state index contributed by atoms with van der Waals surface area (Å²) in [5, 5.41) is 18.1. The Morgan fingerprint density at radius 2 is 2.00 bits per heavy atom. The van der Waals surface area contributed by atoms with Gasteiger partial charge < -0.3 is 10.2 Å². The lowest BCUT2D eigenvalue weighted by atomic mass is 10.1. The number of hydrogen-bond acceptors (Lipinski definition) is 4. The van der Waals surface area contributed by atoms with E-state index in [-0.39, 0.29) is 30.2 Å². The number of benzene rings is 1. The maximum absolute atomic E-state index is 12.6. The van der Waals surface area contributed by atoms with Gasteiger partial charge in [-0.25, -0.2) is 13.2 Å². The van der Waals surface area contributed by atoms with Crippen molar-refractivity contribution in [2.45, 2.75) is 18.7 Å². The average Bonchev–Trinajstić information content (AvgIpc) is 2.40. The minimum atomic E-state index is -3.90. The molecule has 0 bridgehead atoms. The Kier molecular flexibility index (Phi) is 5.65. The Balaban J connectivity index is 3.48. The van der Waals surface area contributed by atoms with E-state index in [1.54, 1.807) is 13.8 Å². The fraction of sp³-hybridized carbons (Fsp3) is 0.357. The van der Waals surface area contributed by atoms with Crippen molar-refractivity contribution in [2.24, 2.45) is 0 Å². The van der Waals surface area contributed by atoms with Gasteiger partial charge in [-0.15, -0.1) is 6.58 Å². The van der Waals surface area contributed by atoms with Crippen LogP contribution in [0.4, 0.5) is 0 Å². The van der Waals surface area contributed by atoms with Crippen molar-refractivity contribution in [1.82, 2.24) is 4.31 Å². The predicted molar refractivity (Wildman–Crippen MR) is 78.9 cm³/mol. The monoisotopic (exact) mass is 313 g/mol. The van der Waals surface area contributed by atoms with Crippen molar-refractivity contribution < 1.29 is 23.4 Å². The number of carboxylic acids is 1. The molecule has 0 aromatic heterocycles. The van der Waals surface area contributed by atoms with E-state index in [2.05, 4.69) is 6.58 Å². The molecule has 0 unspecified atom stereocenters. The molecule has 1 aromatic rings. The van der Waals surface area contributed by atoms with Crippen LogP contribution in [0.25, 0.3) is 0 Å². The van der Waals surface area contributed by atoms with Crippen LogP contribution in [0.1, 0.15) is 21.5 Å². The Bertz CT molecular complexity index is 652. The van der Waals surface area contributed by atoms with Crippen LogP contribution in [-0.2, 0) is 10.0 Å². The van der Waals surface area contributed by atoms with Crippen LogP contribution in [0.5, 0.6) is 0 Å². The fourth-order valence-electron chi connectivity index (χ4n) is 1.92. The average molecular weight is 313 g/mol. The van der Waals surface area contributed by atoms with Crippen LogP contribution in [0, 0.1) is 13.8 Å². The first-order valence-corrected chi connectivity index (χ1v) is 7.76. The molecule has 0 spiro atoms. The maximum atomic E-state index is 12.6. The van der Waals surface area contributed by atoms with E-state index in [9.17, 15) is 13.2 Å². The third-order valence-corrected chi connectivity index (χ3v) is 5.16. The number of aliphatic hydroxyl groups is 1. The normalized spacial score (nSPS) is 11.6. The standard InChI is InChI=1S/C14H19NO5S/c1-4-5-15(6-7-16)21(19,20)13-9-12(14(17)18)8-10(2)11(13)3/h4,8-9,16H,1,5-7H2,2-3H3,(H,17,18). The molecule has 0 saturated carbocycles. The third kappa shape index (κ3) is 3.69. The summed E-state index contributed by atoms with van der Waals surface area (Å²) in [5.74, 6) is -1.19. The third-order valence-electron chi connectivity index (χ3n) is 3.17. The molecule has 0 heterocycles. The van der Waals surface area contributed by atoms with E-state index in [0.717, 1.165) is 10.4 Å². The van der Waals surface area contributed by atoms with Crippen LogP contribution in [-0.4, -0.2) is 48.6 Å². The molecular weight excluding hydrogens is 294 g/mol. The molecule has 0 radical (unpaired) electrons. The molecule has 0 amide bonds. The van der Waals surface area contributed by atoms with Gasteiger partial charge in [-0.1, -0.05) is 6.08 Å². The Labute approximate surface area is 124 Å². The Morgan fingerprint density at radius 3 is 2.48 bits per heavy atom. The summed E-state index contributed by atoms with van der Waals surface area (Å²) in [7, 11) is -3.90. The van der Waals surface area contributed by atoms with Crippen LogP contribution >= 0.6 is 0 Å². The number of aliphatic hydroxyl groups excluding tert-OH is 1. The van der Waals surface area contributed by atoms with Crippen molar-refractivity contribution in [2.75, 3.05) is 19.7 Å². The molecule has 0 atom stereocenters. The van der Waals surface area contributed by atoms with Crippen LogP contribution < -0.4 is 0 Å². The lowest BCUT2D eigenvalue weighted by Crippen LogP contribution is -2.34. The van der Waals surface area contributed by atoms with Crippen molar-refractivity contribution >= 4 is 16.0 Å². The highest BCUT2D eigenvalue weighted by molar-refractivity contribution is 7.89. The van der Waals surface area contributed by atoms with E-state index in [0.29, 0.717) is 11.1 Å². The molecule has 1 aromatic carbocycles. The first-order valence-electron chi connectivity index (χ1n) is 6.32. The molecule has 6 nitrogen and oxygen atoms in total. The Hall–Kier alpha value is -1.70. The second-order valence-corrected chi connectivity index (χ2v) is 6.50.